The molecule has 0 bridgehead atoms. The maximum absolute atomic E-state index is 11.6. The number of fused-ring (bicyclic) bond motifs is 1. The van der Waals surface area contributed by atoms with E-state index in [0.29, 0.717) is 5.75 Å². The molecule has 116 valence electrons. The number of aromatic nitrogens is 1. The van der Waals surface area contributed by atoms with Gasteiger partial charge >= 0.3 is 5.97 Å². The van der Waals surface area contributed by atoms with Gasteiger partial charge in [-0.1, -0.05) is 58.4 Å². The predicted molar refractivity (Wildman–Crippen MR) is 96.0 cm³/mol. The average molecular weight is 370 g/mol. The first kappa shape index (κ1) is 15.7. The van der Waals surface area contributed by atoms with Gasteiger partial charge < -0.3 is 4.74 Å². The lowest BCUT2D eigenvalue weighted by atomic mass is 10.00. The van der Waals surface area contributed by atoms with Crippen molar-refractivity contribution in [3.05, 3.63) is 60.2 Å². The summed E-state index contributed by atoms with van der Waals surface area (Å²) in [5.74, 6) is 0.289. The van der Waals surface area contributed by atoms with E-state index in [1.54, 1.807) is 0 Å². The van der Waals surface area contributed by atoms with Crippen LogP contribution in [-0.4, -0.2) is 16.3 Å². The second kappa shape index (κ2) is 6.92. The Morgan fingerprint density at radius 2 is 1.78 bits per heavy atom. The molecule has 23 heavy (non-hydrogen) atoms. The summed E-state index contributed by atoms with van der Waals surface area (Å²) in [6.45, 7) is 1.43. The minimum Gasteiger partial charge on any atom is -0.426 e. The van der Waals surface area contributed by atoms with Gasteiger partial charge in [-0.2, -0.15) is 0 Å². The molecule has 0 saturated carbocycles. The Morgan fingerprint density at radius 3 is 2.48 bits per heavy atom. The highest BCUT2D eigenvalue weighted by Gasteiger charge is 2.18. The summed E-state index contributed by atoms with van der Waals surface area (Å²) in [5.41, 5.74) is 3.64. The number of alkyl halides is 1. The number of pyridine rings is 1. The number of nitrogens with zero attached hydrogens (tertiary/aromatic N) is 1. The van der Waals surface area contributed by atoms with Gasteiger partial charge in [-0.05, 0) is 18.6 Å². The third kappa shape index (κ3) is 3.27. The highest BCUT2D eigenvalue weighted by molar-refractivity contribution is 9.09. The number of hydrogen-bond donors (Lipinski definition) is 0. The molecular formula is C19H16BrNO2. The molecule has 0 amide bonds. The summed E-state index contributed by atoms with van der Waals surface area (Å²) in [4.78, 5) is 16.4. The number of para-hydroxylation sites is 1. The molecule has 0 aliphatic heterocycles. The zero-order chi connectivity index (χ0) is 16.2. The highest BCUT2D eigenvalue weighted by Crippen LogP contribution is 2.36. The maximum atomic E-state index is 11.6. The molecule has 0 saturated heterocycles. The van der Waals surface area contributed by atoms with Crippen molar-refractivity contribution in [3.63, 3.8) is 0 Å². The molecule has 0 radical (unpaired) electrons. The summed E-state index contributed by atoms with van der Waals surface area (Å²) >= 11 is 3.49. The summed E-state index contributed by atoms with van der Waals surface area (Å²) in [5, 5.41) is 1.62. The van der Waals surface area contributed by atoms with Crippen LogP contribution in [0.1, 0.15) is 12.5 Å². The zero-order valence-corrected chi connectivity index (χ0v) is 14.3. The Labute approximate surface area is 143 Å². The fourth-order valence-electron chi connectivity index (χ4n) is 2.64. The van der Waals surface area contributed by atoms with Crippen molar-refractivity contribution in [2.75, 3.05) is 5.33 Å². The van der Waals surface area contributed by atoms with Crippen LogP contribution in [0.15, 0.2) is 54.6 Å². The van der Waals surface area contributed by atoms with E-state index < -0.39 is 0 Å². The zero-order valence-electron chi connectivity index (χ0n) is 12.8. The lowest BCUT2D eigenvalue weighted by Gasteiger charge is -2.16. The first-order chi connectivity index (χ1) is 11.2. The molecule has 3 rings (SSSR count). The molecule has 2 aromatic carbocycles. The van der Waals surface area contributed by atoms with Crippen molar-refractivity contribution < 1.29 is 9.53 Å². The van der Waals surface area contributed by atoms with Crippen LogP contribution in [0, 0.1) is 0 Å². The molecule has 4 heteroatoms. The van der Waals surface area contributed by atoms with Gasteiger partial charge in [-0.3, -0.25) is 4.79 Å². The van der Waals surface area contributed by atoms with Gasteiger partial charge in [0, 0.05) is 28.8 Å². The number of benzene rings is 2. The van der Waals surface area contributed by atoms with E-state index >= 15 is 0 Å². The van der Waals surface area contributed by atoms with Crippen molar-refractivity contribution in [1.29, 1.82) is 0 Å². The lowest BCUT2D eigenvalue weighted by Crippen LogP contribution is -2.07. The van der Waals surface area contributed by atoms with Crippen molar-refractivity contribution in [2.24, 2.45) is 0 Å². The van der Waals surface area contributed by atoms with Crippen molar-refractivity contribution in [3.8, 4) is 17.0 Å². The number of rotatable bonds is 4. The third-order valence-electron chi connectivity index (χ3n) is 3.58. The number of carbonyl (C=O) groups excluding carboxylic acids is 1. The van der Waals surface area contributed by atoms with Gasteiger partial charge in [0.15, 0.2) is 0 Å². The van der Waals surface area contributed by atoms with Crippen molar-refractivity contribution in [2.45, 2.75) is 13.3 Å². The SMILES string of the molecule is CC(=O)Oc1c(CCBr)c(-c2ccccc2)nc2ccccc12. The fraction of sp³-hybridized carbons (Fsp3) is 0.158. The number of ether oxygens (including phenoxy) is 1. The predicted octanol–water partition coefficient (Wildman–Crippen LogP) is 4.76. The quantitative estimate of drug-likeness (QED) is 0.491. The standard InChI is InChI=1S/C19H16BrNO2/c1-13(22)23-19-15-9-5-6-10-17(15)21-18(16(19)11-12-20)14-7-3-2-4-8-14/h2-10H,11-12H2,1H3. The molecule has 1 aromatic heterocycles. The molecule has 0 fully saturated rings. The Bertz CT molecular complexity index is 847. The number of halogens is 1. The van der Waals surface area contributed by atoms with Crippen molar-refractivity contribution >= 4 is 32.8 Å². The van der Waals surface area contributed by atoms with Gasteiger partial charge in [0.25, 0.3) is 0 Å². The first-order valence-electron chi connectivity index (χ1n) is 7.42. The summed E-state index contributed by atoms with van der Waals surface area (Å²) < 4.78 is 5.57. The van der Waals surface area contributed by atoms with Crippen LogP contribution in [0.2, 0.25) is 0 Å². The van der Waals surface area contributed by atoms with Crippen molar-refractivity contribution in [1.82, 2.24) is 4.98 Å². The summed E-state index contributed by atoms with van der Waals surface area (Å²) in [6.07, 6.45) is 0.727. The monoisotopic (exact) mass is 369 g/mol. The highest BCUT2D eigenvalue weighted by atomic mass is 79.9. The largest absolute Gasteiger partial charge is 0.426 e. The Hall–Kier alpha value is -2.20. The first-order valence-corrected chi connectivity index (χ1v) is 8.54. The molecule has 0 unspecified atom stereocenters. The van der Waals surface area contributed by atoms with E-state index in [9.17, 15) is 4.79 Å². The maximum Gasteiger partial charge on any atom is 0.308 e. The normalized spacial score (nSPS) is 10.7. The van der Waals surface area contributed by atoms with E-state index in [2.05, 4.69) is 15.9 Å². The minimum absolute atomic E-state index is 0.323. The molecule has 3 nitrogen and oxygen atoms in total. The van der Waals surface area contributed by atoms with E-state index in [0.717, 1.165) is 39.5 Å². The van der Waals surface area contributed by atoms with Crippen LogP contribution >= 0.6 is 15.9 Å². The van der Waals surface area contributed by atoms with Crippen LogP contribution in [0.25, 0.3) is 22.2 Å². The molecule has 0 N–H and O–H groups in total. The molecule has 1 heterocycles. The molecule has 0 aliphatic carbocycles. The molecule has 0 spiro atoms. The topological polar surface area (TPSA) is 39.2 Å². The van der Waals surface area contributed by atoms with Gasteiger partial charge in [-0.15, -0.1) is 0 Å². The summed E-state index contributed by atoms with van der Waals surface area (Å²) in [6, 6.07) is 17.7. The lowest BCUT2D eigenvalue weighted by molar-refractivity contribution is -0.131. The van der Waals surface area contributed by atoms with Crippen LogP contribution in [0.3, 0.4) is 0 Å². The number of esters is 1. The second-order valence-corrected chi connectivity index (χ2v) is 5.98. The van der Waals surface area contributed by atoms with Gasteiger partial charge in [0.05, 0.1) is 11.2 Å². The van der Waals surface area contributed by atoms with Crippen LogP contribution < -0.4 is 4.74 Å². The van der Waals surface area contributed by atoms with Gasteiger partial charge in [0.2, 0.25) is 0 Å². The molecule has 0 atom stereocenters. The Morgan fingerprint density at radius 1 is 1.09 bits per heavy atom. The molecule has 0 aliphatic rings. The van der Waals surface area contributed by atoms with Gasteiger partial charge in [-0.25, -0.2) is 4.98 Å². The summed E-state index contributed by atoms with van der Waals surface area (Å²) in [7, 11) is 0. The third-order valence-corrected chi connectivity index (χ3v) is 3.97. The smallest absolute Gasteiger partial charge is 0.308 e. The van der Waals surface area contributed by atoms with E-state index in [1.807, 2.05) is 54.6 Å². The fourth-order valence-corrected chi connectivity index (χ4v) is 3.04. The average Bonchev–Trinajstić information content (AvgIpc) is 2.57. The number of hydrogen-bond acceptors (Lipinski definition) is 3. The molecule has 3 aromatic rings. The molecular weight excluding hydrogens is 354 g/mol. The van der Waals surface area contributed by atoms with E-state index in [1.165, 1.54) is 6.92 Å². The van der Waals surface area contributed by atoms with E-state index in [-0.39, 0.29) is 5.97 Å². The minimum atomic E-state index is -0.323. The Kier molecular flexibility index (Phi) is 4.72. The van der Waals surface area contributed by atoms with Gasteiger partial charge in [0.1, 0.15) is 5.75 Å². The van der Waals surface area contributed by atoms with Crippen LogP contribution in [0.4, 0.5) is 0 Å². The number of carbonyl (C=O) groups is 1. The van der Waals surface area contributed by atoms with Crippen LogP contribution in [-0.2, 0) is 11.2 Å². The van der Waals surface area contributed by atoms with E-state index in [4.69, 9.17) is 9.72 Å². The van der Waals surface area contributed by atoms with Crippen LogP contribution in [0.5, 0.6) is 5.75 Å². The Balaban J connectivity index is 2.34. The second-order valence-electron chi connectivity index (χ2n) is 5.18.